The van der Waals surface area contributed by atoms with Gasteiger partial charge in [-0.25, -0.2) is 4.79 Å². The SMILES string of the molecule is Cn1ccn(Cc2ccc(C3CCC3)cc2)c1=O. The number of aromatic nitrogens is 2. The minimum absolute atomic E-state index is 0.0399. The molecule has 1 heterocycles. The van der Waals surface area contributed by atoms with Crippen molar-refractivity contribution in [1.82, 2.24) is 9.13 Å². The van der Waals surface area contributed by atoms with E-state index in [0.717, 1.165) is 5.92 Å². The van der Waals surface area contributed by atoms with E-state index in [9.17, 15) is 4.79 Å². The van der Waals surface area contributed by atoms with E-state index in [2.05, 4.69) is 24.3 Å². The molecular weight excluding hydrogens is 224 g/mol. The van der Waals surface area contributed by atoms with Gasteiger partial charge in [0.15, 0.2) is 0 Å². The highest BCUT2D eigenvalue weighted by atomic mass is 16.1. The number of rotatable bonds is 3. The van der Waals surface area contributed by atoms with Gasteiger partial charge in [-0.05, 0) is 29.9 Å². The molecule has 0 aliphatic heterocycles. The molecule has 0 unspecified atom stereocenters. The van der Waals surface area contributed by atoms with E-state index >= 15 is 0 Å². The van der Waals surface area contributed by atoms with E-state index in [1.165, 1.54) is 30.4 Å². The summed E-state index contributed by atoms with van der Waals surface area (Å²) in [6, 6.07) is 8.72. The highest BCUT2D eigenvalue weighted by Gasteiger charge is 2.18. The van der Waals surface area contributed by atoms with Gasteiger partial charge in [-0.1, -0.05) is 30.7 Å². The second-order valence-corrected chi connectivity index (χ2v) is 5.19. The van der Waals surface area contributed by atoms with E-state index < -0.39 is 0 Å². The minimum atomic E-state index is 0.0399. The van der Waals surface area contributed by atoms with Crippen molar-refractivity contribution in [3.05, 3.63) is 58.3 Å². The Kier molecular flexibility index (Phi) is 2.82. The van der Waals surface area contributed by atoms with Crippen molar-refractivity contribution >= 4 is 0 Å². The molecule has 1 aliphatic rings. The van der Waals surface area contributed by atoms with Gasteiger partial charge in [0.1, 0.15) is 0 Å². The lowest BCUT2D eigenvalue weighted by atomic mass is 9.80. The topological polar surface area (TPSA) is 26.9 Å². The Hall–Kier alpha value is -1.77. The van der Waals surface area contributed by atoms with Crippen molar-refractivity contribution in [2.24, 2.45) is 7.05 Å². The van der Waals surface area contributed by atoms with Crippen molar-refractivity contribution in [1.29, 1.82) is 0 Å². The van der Waals surface area contributed by atoms with Crippen LogP contribution in [-0.2, 0) is 13.6 Å². The van der Waals surface area contributed by atoms with Crippen LogP contribution in [0, 0.1) is 0 Å². The average Bonchev–Trinajstić information content (AvgIpc) is 2.61. The lowest BCUT2D eigenvalue weighted by molar-refractivity contribution is 0.419. The molecule has 0 spiro atoms. The number of imidazole rings is 1. The predicted molar refractivity (Wildman–Crippen MR) is 71.8 cm³/mol. The van der Waals surface area contributed by atoms with Crippen LogP contribution in [0.2, 0.25) is 0 Å². The molecule has 18 heavy (non-hydrogen) atoms. The number of benzene rings is 1. The molecule has 1 aromatic carbocycles. The Balaban J connectivity index is 1.77. The molecular formula is C15H18N2O. The Morgan fingerprint density at radius 2 is 1.89 bits per heavy atom. The lowest BCUT2D eigenvalue weighted by Gasteiger charge is -2.25. The first-order valence-corrected chi connectivity index (χ1v) is 6.54. The third kappa shape index (κ3) is 2.01. The molecule has 94 valence electrons. The highest BCUT2D eigenvalue weighted by Crippen LogP contribution is 2.36. The normalized spacial score (nSPS) is 15.6. The van der Waals surface area contributed by atoms with Crippen LogP contribution in [0.5, 0.6) is 0 Å². The molecule has 0 bridgehead atoms. The van der Waals surface area contributed by atoms with Gasteiger partial charge in [-0.3, -0.25) is 4.57 Å². The fraction of sp³-hybridized carbons (Fsp3) is 0.400. The second-order valence-electron chi connectivity index (χ2n) is 5.19. The quantitative estimate of drug-likeness (QED) is 0.812. The Labute approximate surface area is 107 Å². The van der Waals surface area contributed by atoms with Crippen LogP contribution >= 0.6 is 0 Å². The Morgan fingerprint density at radius 3 is 2.39 bits per heavy atom. The number of hydrogen-bond donors (Lipinski definition) is 0. The summed E-state index contributed by atoms with van der Waals surface area (Å²) < 4.78 is 3.33. The molecule has 3 nitrogen and oxygen atoms in total. The predicted octanol–water partition coefficient (Wildman–Crippen LogP) is 2.50. The van der Waals surface area contributed by atoms with Crippen LogP contribution in [-0.4, -0.2) is 9.13 Å². The monoisotopic (exact) mass is 242 g/mol. The summed E-state index contributed by atoms with van der Waals surface area (Å²) in [5.41, 5.74) is 2.68. The van der Waals surface area contributed by atoms with Crippen LogP contribution in [0.25, 0.3) is 0 Å². The third-order valence-corrected chi connectivity index (χ3v) is 3.93. The number of nitrogens with zero attached hydrogens (tertiary/aromatic N) is 2. The maximum Gasteiger partial charge on any atom is 0.328 e. The van der Waals surface area contributed by atoms with Crippen LogP contribution in [0.4, 0.5) is 0 Å². The fourth-order valence-electron chi connectivity index (χ4n) is 2.46. The van der Waals surface area contributed by atoms with Crippen LogP contribution in [0.1, 0.15) is 36.3 Å². The van der Waals surface area contributed by atoms with Crippen molar-refractivity contribution in [3.8, 4) is 0 Å². The number of hydrogen-bond acceptors (Lipinski definition) is 1. The van der Waals surface area contributed by atoms with E-state index in [1.807, 2.05) is 6.20 Å². The number of aryl methyl sites for hydroxylation is 1. The highest BCUT2D eigenvalue weighted by molar-refractivity contribution is 5.26. The molecule has 0 amide bonds. The molecule has 1 aliphatic carbocycles. The molecule has 3 heteroatoms. The lowest BCUT2D eigenvalue weighted by Crippen LogP contribution is -2.22. The molecule has 2 aromatic rings. The van der Waals surface area contributed by atoms with Crippen LogP contribution < -0.4 is 5.69 Å². The van der Waals surface area contributed by atoms with E-state index in [1.54, 1.807) is 22.4 Å². The first kappa shape index (κ1) is 11.3. The molecule has 1 fully saturated rings. The van der Waals surface area contributed by atoms with Gasteiger partial charge in [0.2, 0.25) is 0 Å². The summed E-state index contributed by atoms with van der Waals surface area (Å²) >= 11 is 0. The zero-order valence-electron chi connectivity index (χ0n) is 10.7. The maximum absolute atomic E-state index is 11.7. The first-order valence-electron chi connectivity index (χ1n) is 6.54. The Morgan fingerprint density at radius 1 is 1.17 bits per heavy atom. The maximum atomic E-state index is 11.7. The molecule has 1 aromatic heterocycles. The van der Waals surface area contributed by atoms with Gasteiger partial charge >= 0.3 is 5.69 Å². The van der Waals surface area contributed by atoms with E-state index in [-0.39, 0.29) is 5.69 Å². The second kappa shape index (κ2) is 4.48. The third-order valence-electron chi connectivity index (χ3n) is 3.93. The summed E-state index contributed by atoms with van der Waals surface area (Å²) in [4.78, 5) is 11.7. The molecule has 0 saturated heterocycles. The van der Waals surface area contributed by atoms with Gasteiger partial charge in [-0.2, -0.15) is 0 Å². The van der Waals surface area contributed by atoms with Gasteiger partial charge in [0.05, 0.1) is 6.54 Å². The van der Waals surface area contributed by atoms with Crippen molar-refractivity contribution in [2.75, 3.05) is 0 Å². The van der Waals surface area contributed by atoms with Gasteiger partial charge in [0.25, 0.3) is 0 Å². The molecule has 3 rings (SSSR count). The zero-order valence-corrected chi connectivity index (χ0v) is 10.7. The summed E-state index contributed by atoms with van der Waals surface area (Å²) in [5, 5.41) is 0. The largest absolute Gasteiger partial charge is 0.328 e. The fourth-order valence-corrected chi connectivity index (χ4v) is 2.46. The molecule has 0 radical (unpaired) electrons. The average molecular weight is 242 g/mol. The van der Waals surface area contributed by atoms with Gasteiger partial charge in [-0.15, -0.1) is 0 Å². The van der Waals surface area contributed by atoms with E-state index in [4.69, 9.17) is 0 Å². The van der Waals surface area contributed by atoms with Gasteiger partial charge in [0, 0.05) is 19.4 Å². The van der Waals surface area contributed by atoms with Crippen molar-refractivity contribution in [3.63, 3.8) is 0 Å². The summed E-state index contributed by atoms with van der Waals surface area (Å²) in [6.45, 7) is 0.657. The molecule has 0 N–H and O–H groups in total. The summed E-state index contributed by atoms with van der Waals surface area (Å²) in [7, 11) is 1.78. The van der Waals surface area contributed by atoms with Gasteiger partial charge < -0.3 is 4.57 Å². The first-order chi connectivity index (χ1) is 8.74. The minimum Gasteiger partial charge on any atom is -0.302 e. The van der Waals surface area contributed by atoms with Crippen molar-refractivity contribution < 1.29 is 0 Å². The Bertz CT molecular complexity index is 588. The van der Waals surface area contributed by atoms with E-state index in [0.29, 0.717) is 6.54 Å². The summed E-state index contributed by atoms with van der Waals surface area (Å²) in [5.74, 6) is 0.776. The standard InChI is InChI=1S/C15H18N2O/c1-16-9-10-17(15(16)18)11-12-5-7-14(8-6-12)13-3-2-4-13/h5-10,13H,2-4,11H2,1H3. The zero-order chi connectivity index (χ0) is 12.5. The summed E-state index contributed by atoms with van der Waals surface area (Å²) in [6.07, 6.45) is 7.66. The molecule has 0 atom stereocenters. The van der Waals surface area contributed by atoms with Crippen LogP contribution in [0.15, 0.2) is 41.5 Å². The van der Waals surface area contributed by atoms with Crippen LogP contribution in [0.3, 0.4) is 0 Å². The van der Waals surface area contributed by atoms with Crippen molar-refractivity contribution in [2.45, 2.75) is 31.7 Å². The molecule has 1 saturated carbocycles. The smallest absolute Gasteiger partial charge is 0.302 e.